The van der Waals surface area contributed by atoms with Crippen LogP contribution in [0.2, 0.25) is 0 Å². The number of halogens is 3. The van der Waals surface area contributed by atoms with Gasteiger partial charge in [-0.3, -0.25) is 9.59 Å². The van der Waals surface area contributed by atoms with Gasteiger partial charge < -0.3 is 10.2 Å². The number of nitrogens with one attached hydrogen (secondary N) is 1. The molecule has 2 aromatic rings. The third-order valence-corrected chi connectivity index (χ3v) is 5.87. The van der Waals surface area contributed by atoms with Gasteiger partial charge in [0.05, 0.1) is 0 Å². The van der Waals surface area contributed by atoms with Crippen molar-refractivity contribution in [2.24, 2.45) is 0 Å². The van der Waals surface area contributed by atoms with Gasteiger partial charge in [0.2, 0.25) is 5.91 Å². The van der Waals surface area contributed by atoms with E-state index >= 15 is 0 Å². The van der Waals surface area contributed by atoms with E-state index in [1.165, 1.54) is 16.7 Å². The van der Waals surface area contributed by atoms with Crippen LogP contribution in [0.15, 0.2) is 42.5 Å². The van der Waals surface area contributed by atoms with E-state index in [-0.39, 0.29) is 36.6 Å². The van der Waals surface area contributed by atoms with Crippen LogP contribution in [0.3, 0.4) is 0 Å². The first-order chi connectivity index (χ1) is 14.0. The lowest BCUT2D eigenvalue weighted by Crippen LogP contribution is -2.44. The van der Waals surface area contributed by atoms with Crippen LogP contribution in [0.25, 0.3) is 0 Å². The van der Waals surface area contributed by atoms with Crippen LogP contribution >= 0.6 is 11.8 Å². The molecule has 2 amide bonds. The zero-order valence-electron chi connectivity index (χ0n) is 15.7. The lowest BCUT2D eigenvalue weighted by atomic mass is 10.1. The summed E-state index contributed by atoms with van der Waals surface area (Å²) in [4.78, 5) is 26.5. The van der Waals surface area contributed by atoms with E-state index in [0.29, 0.717) is 24.9 Å². The molecule has 2 aromatic carbocycles. The highest BCUT2D eigenvalue weighted by Crippen LogP contribution is 2.25. The van der Waals surface area contributed by atoms with Gasteiger partial charge in [0, 0.05) is 31.3 Å². The quantitative estimate of drug-likeness (QED) is 0.693. The summed E-state index contributed by atoms with van der Waals surface area (Å²) in [6.07, 6.45) is 0.489. The van der Waals surface area contributed by atoms with Crippen molar-refractivity contribution >= 4 is 23.6 Å². The standard InChI is InChI=1S/C21H21F3N2O2S/c22-16-12-18(24)17(23)11-15(16)7-4-8-19(27)26-9-10-29-21(26)20(28)25-13-14-5-2-1-3-6-14/h1-3,5-6,11-12,21H,4,7-10,13H2,(H,25,28). The van der Waals surface area contributed by atoms with Crippen LogP contribution in [-0.4, -0.2) is 34.4 Å². The van der Waals surface area contributed by atoms with Gasteiger partial charge >= 0.3 is 0 Å². The summed E-state index contributed by atoms with van der Waals surface area (Å²) >= 11 is 1.40. The van der Waals surface area contributed by atoms with Gasteiger partial charge in [-0.25, -0.2) is 13.2 Å². The lowest BCUT2D eigenvalue weighted by molar-refractivity contribution is -0.136. The number of hydrogen-bond acceptors (Lipinski definition) is 3. The Bertz CT molecular complexity index is 880. The van der Waals surface area contributed by atoms with Crippen LogP contribution in [0.1, 0.15) is 24.0 Å². The Labute approximate surface area is 171 Å². The van der Waals surface area contributed by atoms with Crippen LogP contribution in [0, 0.1) is 17.5 Å². The summed E-state index contributed by atoms with van der Waals surface area (Å²) < 4.78 is 39.9. The summed E-state index contributed by atoms with van der Waals surface area (Å²) in [6.45, 7) is 0.848. The van der Waals surface area contributed by atoms with Crippen LogP contribution in [-0.2, 0) is 22.6 Å². The highest BCUT2D eigenvalue weighted by molar-refractivity contribution is 8.00. The molecule has 0 aliphatic carbocycles. The second-order valence-corrected chi connectivity index (χ2v) is 7.91. The molecule has 1 saturated heterocycles. The van der Waals surface area contributed by atoms with Gasteiger partial charge in [-0.05, 0) is 30.0 Å². The molecule has 1 aliphatic heterocycles. The normalized spacial score (nSPS) is 16.1. The summed E-state index contributed by atoms with van der Waals surface area (Å²) in [6, 6.07) is 10.8. The van der Waals surface area contributed by atoms with Crippen molar-refractivity contribution in [2.75, 3.05) is 12.3 Å². The molecule has 0 bridgehead atoms. The van der Waals surface area contributed by atoms with E-state index in [1.807, 2.05) is 30.3 Å². The van der Waals surface area contributed by atoms with Crippen molar-refractivity contribution in [3.8, 4) is 0 Å². The predicted molar refractivity (Wildman–Crippen MR) is 106 cm³/mol. The van der Waals surface area contributed by atoms with E-state index in [0.717, 1.165) is 11.6 Å². The number of thioether (sulfide) groups is 1. The largest absolute Gasteiger partial charge is 0.349 e. The molecule has 0 aromatic heterocycles. The van der Waals surface area contributed by atoms with E-state index in [9.17, 15) is 22.8 Å². The first-order valence-electron chi connectivity index (χ1n) is 9.32. The van der Waals surface area contributed by atoms with E-state index < -0.39 is 22.8 Å². The zero-order valence-corrected chi connectivity index (χ0v) is 16.5. The molecule has 1 unspecified atom stereocenters. The molecule has 8 heteroatoms. The Morgan fingerprint density at radius 1 is 1.07 bits per heavy atom. The number of amides is 2. The SMILES string of the molecule is O=C(NCc1ccccc1)C1SCCN1C(=O)CCCc1cc(F)c(F)cc1F. The second kappa shape index (κ2) is 9.82. The molecule has 154 valence electrons. The Hall–Kier alpha value is -2.48. The molecule has 1 N–H and O–H groups in total. The zero-order chi connectivity index (χ0) is 20.8. The summed E-state index contributed by atoms with van der Waals surface area (Å²) in [5.74, 6) is -2.95. The first kappa shape index (κ1) is 21.2. The average Bonchev–Trinajstić information content (AvgIpc) is 3.21. The Kier molecular flexibility index (Phi) is 7.19. The molecule has 1 aliphatic rings. The summed E-state index contributed by atoms with van der Waals surface area (Å²) in [5.41, 5.74) is 1.000. The molecule has 1 heterocycles. The van der Waals surface area contributed by atoms with Crippen LogP contribution in [0.5, 0.6) is 0 Å². The maximum absolute atomic E-state index is 13.7. The van der Waals surface area contributed by atoms with E-state index in [1.54, 1.807) is 0 Å². The minimum absolute atomic E-state index is 0.0321. The van der Waals surface area contributed by atoms with Crippen molar-refractivity contribution in [3.63, 3.8) is 0 Å². The number of carbonyl (C=O) groups excluding carboxylic acids is 2. The van der Waals surface area contributed by atoms with Gasteiger partial charge in [0.15, 0.2) is 17.0 Å². The smallest absolute Gasteiger partial charge is 0.253 e. The fourth-order valence-corrected chi connectivity index (χ4v) is 4.31. The third-order valence-electron chi connectivity index (χ3n) is 4.67. The van der Waals surface area contributed by atoms with Crippen molar-refractivity contribution in [2.45, 2.75) is 31.2 Å². The number of aryl methyl sites for hydroxylation is 1. The van der Waals surface area contributed by atoms with Crippen LogP contribution < -0.4 is 5.32 Å². The molecule has 0 saturated carbocycles. The minimum atomic E-state index is -1.24. The highest BCUT2D eigenvalue weighted by Gasteiger charge is 2.34. The molecule has 1 fully saturated rings. The van der Waals surface area contributed by atoms with Gasteiger partial charge in [0.25, 0.3) is 5.91 Å². The monoisotopic (exact) mass is 422 g/mol. The van der Waals surface area contributed by atoms with Crippen molar-refractivity contribution in [1.29, 1.82) is 0 Å². The highest BCUT2D eigenvalue weighted by atomic mass is 32.2. The lowest BCUT2D eigenvalue weighted by Gasteiger charge is -2.23. The van der Waals surface area contributed by atoms with Crippen molar-refractivity contribution < 1.29 is 22.8 Å². The van der Waals surface area contributed by atoms with Gasteiger partial charge in [-0.15, -0.1) is 11.8 Å². The van der Waals surface area contributed by atoms with Crippen molar-refractivity contribution in [1.82, 2.24) is 10.2 Å². The first-order valence-corrected chi connectivity index (χ1v) is 10.4. The minimum Gasteiger partial charge on any atom is -0.349 e. The van der Waals surface area contributed by atoms with Crippen molar-refractivity contribution in [3.05, 3.63) is 71.0 Å². The Morgan fingerprint density at radius 2 is 1.79 bits per heavy atom. The number of nitrogens with zero attached hydrogens (tertiary/aromatic N) is 1. The molecule has 4 nitrogen and oxygen atoms in total. The fourth-order valence-electron chi connectivity index (χ4n) is 3.14. The maximum Gasteiger partial charge on any atom is 0.253 e. The van der Waals surface area contributed by atoms with E-state index in [4.69, 9.17) is 0 Å². The maximum atomic E-state index is 13.7. The number of benzene rings is 2. The molecular formula is C21H21F3N2O2S. The Morgan fingerprint density at radius 3 is 2.55 bits per heavy atom. The van der Waals surface area contributed by atoms with Crippen LogP contribution in [0.4, 0.5) is 13.2 Å². The summed E-state index contributed by atoms with van der Waals surface area (Å²) in [5, 5.41) is 2.25. The Balaban J connectivity index is 1.50. The summed E-state index contributed by atoms with van der Waals surface area (Å²) in [7, 11) is 0. The average molecular weight is 422 g/mol. The predicted octanol–water partition coefficient (Wildman–Crippen LogP) is 3.64. The number of hydrogen-bond donors (Lipinski definition) is 1. The third kappa shape index (κ3) is 5.53. The second-order valence-electron chi connectivity index (χ2n) is 6.72. The molecule has 0 spiro atoms. The number of carbonyl (C=O) groups is 2. The van der Waals surface area contributed by atoms with Gasteiger partial charge in [0.1, 0.15) is 5.82 Å². The molecule has 1 atom stereocenters. The number of rotatable bonds is 7. The topological polar surface area (TPSA) is 49.4 Å². The van der Waals surface area contributed by atoms with E-state index in [2.05, 4.69) is 5.32 Å². The molecular weight excluding hydrogens is 401 g/mol. The molecule has 0 radical (unpaired) electrons. The van der Waals surface area contributed by atoms with Gasteiger partial charge in [-0.2, -0.15) is 0 Å². The fraction of sp³-hybridized carbons (Fsp3) is 0.333. The molecule has 3 rings (SSSR count). The van der Waals surface area contributed by atoms with Gasteiger partial charge in [-0.1, -0.05) is 30.3 Å². The molecule has 29 heavy (non-hydrogen) atoms.